The minimum Gasteiger partial charge on any atom is -0.508 e. The molecule has 0 fully saturated rings. The van der Waals surface area contributed by atoms with Gasteiger partial charge < -0.3 is 14.6 Å². The van der Waals surface area contributed by atoms with Gasteiger partial charge in [-0.05, 0) is 18.2 Å². The summed E-state index contributed by atoms with van der Waals surface area (Å²) in [5, 5.41) is 22.0. The van der Waals surface area contributed by atoms with E-state index in [1.54, 1.807) is 36.5 Å². The lowest BCUT2D eigenvalue weighted by Gasteiger charge is -1.94. The Kier molecular flexibility index (Phi) is 2.50. The molecule has 0 aliphatic carbocycles. The molecule has 2 N–H and O–H groups in total. The van der Waals surface area contributed by atoms with Crippen LogP contribution in [-0.2, 0) is 0 Å². The van der Waals surface area contributed by atoms with Crippen LogP contribution in [0.25, 0.3) is 23.0 Å². The minimum absolute atomic E-state index is 0.135. The number of nitrogens with one attached hydrogen (secondary N) is 1. The van der Waals surface area contributed by atoms with E-state index < -0.39 is 0 Å². The lowest BCUT2D eigenvalue weighted by molar-refractivity contribution is 0.431. The lowest BCUT2D eigenvalue weighted by Crippen LogP contribution is -1.80. The highest BCUT2D eigenvalue weighted by Crippen LogP contribution is 2.24. The van der Waals surface area contributed by atoms with E-state index in [4.69, 9.17) is 9.78 Å². The van der Waals surface area contributed by atoms with Crippen molar-refractivity contribution in [3.05, 3.63) is 42.1 Å². The highest BCUT2D eigenvalue weighted by atomic mass is 16.5. The van der Waals surface area contributed by atoms with Gasteiger partial charge >= 0.3 is 0 Å². The van der Waals surface area contributed by atoms with Gasteiger partial charge in [-0.3, -0.25) is 0 Å². The largest absolute Gasteiger partial charge is 0.508 e. The molecule has 0 saturated carbocycles. The number of benzene rings is 1. The predicted octanol–water partition coefficient (Wildman–Crippen LogP) is 2.31. The molecule has 19 heavy (non-hydrogen) atoms. The average molecular weight is 252 g/mol. The minimum atomic E-state index is 0.135. The smallest absolute Gasteiger partial charge is 0.274 e. The SMILES string of the molecule is N#Cc1c[nH]c(-c2nc(-c3cccc(O)c3)no2)c1. The maximum absolute atomic E-state index is 9.41. The van der Waals surface area contributed by atoms with Crippen LogP contribution in [0.3, 0.4) is 0 Å². The third-order valence-electron chi connectivity index (χ3n) is 2.57. The van der Waals surface area contributed by atoms with E-state index in [1.807, 2.05) is 6.07 Å². The summed E-state index contributed by atoms with van der Waals surface area (Å²) in [6.07, 6.45) is 1.56. The van der Waals surface area contributed by atoms with E-state index in [1.165, 1.54) is 0 Å². The number of hydrogen-bond donors (Lipinski definition) is 2. The van der Waals surface area contributed by atoms with Gasteiger partial charge in [0.15, 0.2) is 0 Å². The first-order chi connectivity index (χ1) is 9.26. The van der Waals surface area contributed by atoms with Gasteiger partial charge in [-0.15, -0.1) is 0 Å². The fourth-order valence-corrected chi connectivity index (χ4v) is 1.68. The van der Waals surface area contributed by atoms with Gasteiger partial charge in [0.1, 0.15) is 17.5 Å². The molecule has 1 aromatic carbocycles. The molecule has 0 bridgehead atoms. The monoisotopic (exact) mass is 252 g/mol. The zero-order valence-electron chi connectivity index (χ0n) is 9.66. The Morgan fingerprint density at radius 1 is 1.32 bits per heavy atom. The number of phenols is 1. The van der Waals surface area contributed by atoms with Crippen molar-refractivity contribution in [2.45, 2.75) is 0 Å². The van der Waals surface area contributed by atoms with E-state index >= 15 is 0 Å². The molecule has 0 radical (unpaired) electrons. The van der Waals surface area contributed by atoms with Gasteiger partial charge in [0.2, 0.25) is 5.82 Å². The molecular formula is C13H8N4O2. The fraction of sp³-hybridized carbons (Fsp3) is 0. The topological polar surface area (TPSA) is 98.7 Å². The van der Waals surface area contributed by atoms with Crippen molar-refractivity contribution in [3.63, 3.8) is 0 Å². The van der Waals surface area contributed by atoms with Crippen molar-refractivity contribution in [1.29, 1.82) is 5.26 Å². The number of aromatic nitrogens is 3. The van der Waals surface area contributed by atoms with Crippen LogP contribution >= 0.6 is 0 Å². The van der Waals surface area contributed by atoms with E-state index in [9.17, 15) is 5.11 Å². The standard InChI is InChI=1S/C13H8N4O2/c14-6-8-4-11(15-7-8)13-16-12(17-19-13)9-2-1-3-10(18)5-9/h1-5,7,15,18H. The Balaban J connectivity index is 1.97. The number of aromatic amines is 1. The zero-order chi connectivity index (χ0) is 13.2. The maximum Gasteiger partial charge on any atom is 0.274 e. The van der Waals surface area contributed by atoms with Gasteiger partial charge in [-0.25, -0.2) is 0 Å². The molecule has 0 atom stereocenters. The molecule has 92 valence electrons. The van der Waals surface area contributed by atoms with Gasteiger partial charge in [-0.1, -0.05) is 17.3 Å². The Morgan fingerprint density at radius 3 is 2.95 bits per heavy atom. The Bertz CT molecular complexity index is 767. The molecule has 0 unspecified atom stereocenters. The number of aromatic hydroxyl groups is 1. The number of hydrogen-bond acceptors (Lipinski definition) is 5. The molecule has 3 aromatic rings. The van der Waals surface area contributed by atoms with Crippen molar-refractivity contribution in [3.8, 4) is 34.8 Å². The highest BCUT2D eigenvalue weighted by Gasteiger charge is 2.12. The summed E-state index contributed by atoms with van der Waals surface area (Å²) in [7, 11) is 0. The molecule has 0 aliphatic rings. The molecular weight excluding hydrogens is 244 g/mol. The number of nitrogens with zero attached hydrogens (tertiary/aromatic N) is 3. The first-order valence-corrected chi connectivity index (χ1v) is 5.48. The van der Waals surface area contributed by atoms with Crippen molar-refractivity contribution in [2.24, 2.45) is 0 Å². The third kappa shape index (κ3) is 2.05. The van der Waals surface area contributed by atoms with Crippen LogP contribution in [0.2, 0.25) is 0 Å². The summed E-state index contributed by atoms with van der Waals surface area (Å²) in [6.45, 7) is 0. The second kappa shape index (κ2) is 4.31. The van der Waals surface area contributed by atoms with Crippen molar-refractivity contribution in [2.75, 3.05) is 0 Å². The second-order valence-electron chi connectivity index (χ2n) is 3.89. The van der Waals surface area contributed by atoms with Crippen LogP contribution < -0.4 is 0 Å². The fourth-order valence-electron chi connectivity index (χ4n) is 1.68. The molecule has 0 saturated heterocycles. The number of phenolic OH excluding ortho intramolecular Hbond substituents is 1. The first kappa shape index (κ1) is 11.0. The summed E-state index contributed by atoms with van der Waals surface area (Å²) in [5.41, 5.74) is 1.73. The van der Waals surface area contributed by atoms with Crippen molar-refractivity contribution < 1.29 is 9.63 Å². The van der Waals surface area contributed by atoms with Gasteiger partial charge in [0.25, 0.3) is 5.89 Å². The lowest BCUT2D eigenvalue weighted by atomic mass is 10.2. The highest BCUT2D eigenvalue weighted by molar-refractivity contribution is 5.60. The molecule has 3 rings (SSSR count). The summed E-state index contributed by atoms with van der Waals surface area (Å²) in [4.78, 5) is 7.09. The molecule has 0 spiro atoms. The quantitative estimate of drug-likeness (QED) is 0.729. The van der Waals surface area contributed by atoms with E-state index in [0.717, 1.165) is 0 Å². The molecule has 2 aromatic heterocycles. The molecule has 6 heteroatoms. The van der Waals surface area contributed by atoms with E-state index in [-0.39, 0.29) is 5.75 Å². The summed E-state index contributed by atoms with van der Waals surface area (Å²) < 4.78 is 5.12. The predicted molar refractivity (Wildman–Crippen MR) is 65.9 cm³/mol. The van der Waals surface area contributed by atoms with Crippen LogP contribution in [0.5, 0.6) is 5.75 Å². The third-order valence-corrected chi connectivity index (χ3v) is 2.57. The Hall–Kier alpha value is -3.07. The Labute approximate surface area is 107 Å². The maximum atomic E-state index is 9.41. The number of rotatable bonds is 2. The van der Waals surface area contributed by atoms with Crippen LogP contribution in [0.4, 0.5) is 0 Å². The molecule has 2 heterocycles. The summed E-state index contributed by atoms with van der Waals surface area (Å²) >= 11 is 0. The molecule has 6 nitrogen and oxygen atoms in total. The van der Waals surface area contributed by atoms with Crippen LogP contribution in [0, 0.1) is 11.3 Å². The second-order valence-corrected chi connectivity index (χ2v) is 3.89. The van der Waals surface area contributed by atoms with E-state index in [0.29, 0.717) is 28.5 Å². The summed E-state index contributed by atoms with van der Waals surface area (Å²) in [6, 6.07) is 10.2. The van der Waals surface area contributed by atoms with E-state index in [2.05, 4.69) is 15.1 Å². The van der Waals surface area contributed by atoms with Gasteiger partial charge in [0.05, 0.1) is 5.56 Å². The normalized spacial score (nSPS) is 10.3. The van der Waals surface area contributed by atoms with Crippen molar-refractivity contribution in [1.82, 2.24) is 15.1 Å². The number of H-pyrrole nitrogens is 1. The van der Waals surface area contributed by atoms with Gasteiger partial charge in [0, 0.05) is 11.8 Å². The van der Waals surface area contributed by atoms with Crippen LogP contribution in [0.1, 0.15) is 5.56 Å². The van der Waals surface area contributed by atoms with Gasteiger partial charge in [-0.2, -0.15) is 10.2 Å². The molecule has 0 amide bonds. The van der Waals surface area contributed by atoms with Crippen LogP contribution in [0.15, 0.2) is 41.1 Å². The average Bonchev–Trinajstić information content (AvgIpc) is 3.07. The summed E-state index contributed by atoms with van der Waals surface area (Å²) in [5.74, 6) is 0.800. The zero-order valence-corrected chi connectivity index (χ0v) is 9.66. The molecule has 0 aliphatic heterocycles. The van der Waals surface area contributed by atoms with Crippen molar-refractivity contribution >= 4 is 0 Å². The number of nitriles is 1. The first-order valence-electron chi connectivity index (χ1n) is 5.48. The Morgan fingerprint density at radius 2 is 2.21 bits per heavy atom. The van der Waals surface area contributed by atoms with Crippen LogP contribution in [-0.4, -0.2) is 20.2 Å².